The molecule has 1 aliphatic rings. The van der Waals surface area contributed by atoms with Crippen LogP contribution in [0, 0.1) is 11.6 Å². The Morgan fingerprint density at radius 1 is 0.253 bits per heavy atom. The summed E-state index contributed by atoms with van der Waals surface area (Å²) in [4.78, 5) is 4.28. The quantitative estimate of drug-likeness (QED) is 0.0889. The number of para-hydroxylation sites is 2. The summed E-state index contributed by atoms with van der Waals surface area (Å²) in [6.45, 7) is 4.91. The second-order valence-electron chi connectivity index (χ2n) is 23.0. The van der Waals surface area contributed by atoms with Gasteiger partial charge in [-0.3, -0.25) is 0 Å². The number of hydrogen-bond acceptors (Lipinski definition) is 2. The maximum Gasteiger partial charge on any atom is 0.155 e. The summed E-state index contributed by atoms with van der Waals surface area (Å²) >= 11 is 0. The van der Waals surface area contributed by atoms with Gasteiger partial charge < -0.3 is 9.80 Å². The second-order valence-corrected chi connectivity index (χ2v) is 27.4. The Labute approximate surface area is 507 Å². The summed E-state index contributed by atoms with van der Waals surface area (Å²) in [5, 5.41) is 7.12. The van der Waals surface area contributed by atoms with Crippen molar-refractivity contribution in [3.63, 3.8) is 0 Å². The smallest absolute Gasteiger partial charge is 0.155 e. The maximum absolute atomic E-state index is 18.3. The standard InChI is InChI=1S/C82H58F2N2Si/c1-87(2)78-43-25-40-69-70-53-64(85(74-41-23-21-38-66(74)57-30-13-5-14-31-57)76-51-62(55-26-9-3-10-27-55)49-71(81(76)83)59-34-17-7-18-35-59)45-44-61(70)48-73(80(69)78)68-47-46-65(54-79(68)87)86(75-42-24-22-39-67(75)58-32-15-6-16-33-58)77-52-63(56-28-11-4-12-29-56)50-72(82(77)84)60-36-19-8-20-37-60/h3-54H,1-2H3. The zero-order chi connectivity index (χ0) is 58.6. The highest BCUT2D eigenvalue weighted by atomic mass is 28.3. The molecule has 14 aromatic carbocycles. The first-order valence-electron chi connectivity index (χ1n) is 29.7. The van der Waals surface area contributed by atoms with Crippen molar-refractivity contribution in [2.24, 2.45) is 0 Å². The van der Waals surface area contributed by atoms with E-state index in [1.165, 1.54) is 21.3 Å². The van der Waals surface area contributed by atoms with Crippen molar-refractivity contribution >= 4 is 74.1 Å². The molecule has 414 valence electrons. The lowest BCUT2D eigenvalue weighted by Crippen LogP contribution is -2.56. The van der Waals surface area contributed by atoms with Gasteiger partial charge in [0.15, 0.2) is 11.6 Å². The molecule has 0 aromatic heterocycles. The molecule has 15 rings (SSSR count). The lowest BCUT2D eigenvalue weighted by molar-refractivity contribution is 0.632. The molecule has 0 bridgehead atoms. The Morgan fingerprint density at radius 2 is 0.655 bits per heavy atom. The van der Waals surface area contributed by atoms with Gasteiger partial charge in [-0.1, -0.05) is 262 Å². The minimum Gasteiger partial charge on any atom is -0.307 e. The van der Waals surface area contributed by atoms with Crippen LogP contribution in [0.5, 0.6) is 0 Å². The summed E-state index contributed by atoms with van der Waals surface area (Å²) in [5.41, 5.74) is 17.2. The van der Waals surface area contributed by atoms with E-state index in [0.717, 1.165) is 100 Å². The number of hydrogen-bond donors (Lipinski definition) is 0. The third kappa shape index (κ3) is 9.41. The average molecular weight is 1140 g/mol. The summed E-state index contributed by atoms with van der Waals surface area (Å²) in [7, 11) is -2.60. The average Bonchev–Trinajstić information content (AvgIpc) is 1.20. The van der Waals surface area contributed by atoms with Crippen molar-refractivity contribution in [2.75, 3.05) is 9.80 Å². The molecule has 87 heavy (non-hydrogen) atoms. The van der Waals surface area contributed by atoms with Crippen molar-refractivity contribution in [3.8, 4) is 77.9 Å². The molecular formula is C82H58F2N2Si. The lowest BCUT2D eigenvalue weighted by atomic mass is 9.91. The predicted molar refractivity (Wildman–Crippen MR) is 366 cm³/mol. The van der Waals surface area contributed by atoms with E-state index in [1.807, 2.05) is 140 Å². The summed E-state index contributed by atoms with van der Waals surface area (Å²) in [6.07, 6.45) is 0. The van der Waals surface area contributed by atoms with E-state index >= 15 is 8.78 Å². The van der Waals surface area contributed by atoms with E-state index in [4.69, 9.17) is 0 Å². The van der Waals surface area contributed by atoms with Crippen LogP contribution >= 0.6 is 0 Å². The van der Waals surface area contributed by atoms with Crippen molar-refractivity contribution < 1.29 is 8.78 Å². The van der Waals surface area contributed by atoms with E-state index in [0.29, 0.717) is 22.5 Å². The molecule has 0 saturated heterocycles. The van der Waals surface area contributed by atoms with Crippen molar-refractivity contribution in [3.05, 3.63) is 327 Å². The predicted octanol–water partition coefficient (Wildman–Crippen LogP) is 22.0. The van der Waals surface area contributed by atoms with Gasteiger partial charge in [0.05, 0.1) is 22.7 Å². The highest BCUT2D eigenvalue weighted by Crippen LogP contribution is 2.50. The highest BCUT2D eigenvalue weighted by molar-refractivity contribution is 7.03. The van der Waals surface area contributed by atoms with Crippen molar-refractivity contribution in [1.82, 2.24) is 0 Å². The first-order chi connectivity index (χ1) is 42.8. The Morgan fingerprint density at radius 3 is 1.13 bits per heavy atom. The van der Waals surface area contributed by atoms with Crippen LogP contribution in [0.25, 0.3) is 99.4 Å². The van der Waals surface area contributed by atoms with E-state index in [1.54, 1.807) is 0 Å². The van der Waals surface area contributed by atoms with Crippen LogP contribution in [0.2, 0.25) is 13.1 Å². The molecule has 2 nitrogen and oxygen atoms in total. The number of rotatable bonds is 12. The number of benzene rings is 14. The van der Waals surface area contributed by atoms with Gasteiger partial charge in [-0.15, -0.1) is 0 Å². The minimum absolute atomic E-state index is 0.302. The van der Waals surface area contributed by atoms with Gasteiger partial charge in [0, 0.05) is 33.6 Å². The van der Waals surface area contributed by atoms with Crippen molar-refractivity contribution in [1.29, 1.82) is 0 Å². The molecule has 5 heteroatoms. The molecule has 0 atom stereocenters. The minimum atomic E-state index is -2.60. The van der Waals surface area contributed by atoms with E-state index in [-0.39, 0.29) is 11.6 Å². The van der Waals surface area contributed by atoms with Gasteiger partial charge in [-0.2, -0.15) is 0 Å². The van der Waals surface area contributed by atoms with E-state index < -0.39 is 8.07 Å². The van der Waals surface area contributed by atoms with Crippen LogP contribution in [0.4, 0.5) is 42.9 Å². The Hall–Kier alpha value is -10.7. The van der Waals surface area contributed by atoms with Gasteiger partial charge in [-0.05, 0) is 154 Å². The maximum atomic E-state index is 18.3. The molecule has 1 aliphatic heterocycles. The number of anilines is 6. The molecule has 0 N–H and O–H groups in total. The highest BCUT2D eigenvalue weighted by Gasteiger charge is 2.37. The van der Waals surface area contributed by atoms with Gasteiger partial charge >= 0.3 is 0 Å². The SMILES string of the molecule is C[Si]1(C)c2cc(N(c3ccccc3-c3ccccc3)c3cc(-c4ccccc4)cc(-c4ccccc4)c3F)ccc2-c2cc3ccc(N(c4ccccc4-c4ccccc4)c4cc(-c5ccccc5)cc(-c5ccccc5)c4F)cc3c3cccc1c23. The van der Waals surface area contributed by atoms with Crippen LogP contribution in [0.15, 0.2) is 315 Å². The van der Waals surface area contributed by atoms with Crippen LogP contribution < -0.4 is 20.2 Å². The van der Waals surface area contributed by atoms with Crippen LogP contribution in [-0.4, -0.2) is 8.07 Å². The number of nitrogens with zero attached hydrogens (tertiary/aromatic N) is 2. The zero-order valence-electron chi connectivity index (χ0n) is 48.2. The van der Waals surface area contributed by atoms with Gasteiger partial charge in [0.2, 0.25) is 0 Å². The summed E-state index contributed by atoms with van der Waals surface area (Å²) in [6, 6.07) is 108. The molecule has 14 aromatic rings. The third-order valence-electron chi connectivity index (χ3n) is 17.5. The van der Waals surface area contributed by atoms with Crippen LogP contribution in [-0.2, 0) is 0 Å². The summed E-state index contributed by atoms with van der Waals surface area (Å²) in [5.74, 6) is -0.612. The first kappa shape index (κ1) is 53.0. The molecule has 0 saturated carbocycles. The molecule has 0 aliphatic carbocycles. The number of halogens is 2. The van der Waals surface area contributed by atoms with Gasteiger partial charge in [-0.25, -0.2) is 8.78 Å². The molecule has 0 radical (unpaired) electrons. The van der Waals surface area contributed by atoms with E-state index in [2.05, 4.69) is 199 Å². The molecule has 1 heterocycles. The molecular weight excluding hydrogens is 1080 g/mol. The topological polar surface area (TPSA) is 6.48 Å². The third-order valence-corrected chi connectivity index (χ3v) is 21.1. The van der Waals surface area contributed by atoms with Gasteiger partial charge in [0.1, 0.15) is 8.07 Å². The Kier molecular flexibility index (Phi) is 13.4. The molecule has 0 amide bonds. The monoisotopic (exact) mass is 1140 g/mol. The van der Waals surface area contributed by atoms with E-state index in [9.17, 15) is 0 Å². The second kappa shape index (κ2) is 22.0. The normalized spacial score (nSPS) is 12.2. The van der Waals surface area contributed by atoms with Crippen LogP contribution in [0.3, 0.4) is 0 Å². The van der Waals surface area contributed by atoms with Crippen molar-refractivity contribution in [2.45, 2.75) is 13.1 Å². The fraction of sp³-hybridized carbons (Fsp3) is 0.0244. The fourth-order valence-corrected chi connectivity index (χ4v) is 16.4. The van der Waals surface area contributed by atoms with Gasteiger partial charge in [0.25, 0.3) is 0 Å². The van der Waals surface area contributed by atoms with Crippen LogP contribution in [0.1, 0.15) is 0 Å². The largest absolute Gasteiger partial charge is 0.307 e. The zero-order valence-corrected chi connectivity index (χ0v) is 49.2. The molecule has 0 spiro atoms. The fourth-order valence-electron chi connectivity index (χ4n) is 13.3. The molecule has 0 fully saturated rings. The first-order valence-corrected chi connectivity index (χ1v) is 32.7. The number of fused-ring (bicyclic) bond motifs is 4. The lowest BCUT2D eigenvalue weighted by Gasteiger charge is -2.36. The summed E-state index contributed by atoms with van der Waals surface area (Å²) < 4.78 is 36.6. The Balaban J connectivity index is 0.940. The molecule has 0 unspecified atom stereocenters. The Bertz CT molecular complexity index is 4900.